The summed E-state index contributed by atoms with van der Waals surface area (Å²) >= 11 is 12.1. The van der Waals surface area contributed by atoms with Gasteiger partial charge in [0.25, 0.3) is 0 Å². The summed E-state index contributed by atoms with van der Waals surface area (Å²) in [7, 11) is 0. The number of halogens is 2. The summed E-state index contributed by atoms with van der Waals surface area (Å²) in [6, 6.07) is 14.9. The number of aromatic nitrogens is 1. The van der Waals surface area contributed by atoms with Gasteiger partial charge in [0.05, 0.1) is 5.41 Å². The van der Waals surface area contributed by atoms with Crippen LogP contribution < -0.4 is 5.32 Å². The smallest absolute Gasteiger partial charge is 0.233 e. The van der Waals surface area contributed by atoms with E-state index in [0.29, 0.717) is 18.0 Å². The monoisotopic (exact) mass is 360 g/mol. The molecule has 1 aliphatic rings. The normalized spacial score (nSPS) is 21.6. The molecule has 1 fully saturated rings. The predicted octanol–water partition coefficient (Wildman–Crippen LogP) is 5.02. The fourth-order valence-electron chi connectivity index (χ4n) is 2.61. The molecule has 0 aliphatic heterocycles. The number of rotatable bonds is 3. The molecule has 1 N–H and O–H groups in total. The van der Waals surface area contributed by atoms with Crippen molar-refractivity contribution in [3.63, 3.8) is 0 Å². The van der Waals surface area contributed by atoms with Gasteiger partial charge in [-0.15, -0.1) is 23.2 Å². The van der Waals surface area contributed by atoms with Crippen LogP contribution in [0.2, 0.25) is 0 Å². The highest BCUT2D eigenvalue weighted by molar-refractivity contribution is 6.53. The number of anilines is 1. The first-order valence-electron chi connectivity index (χ1n) is 7.54. The SMILES string of the molecule is CC1(C(=O)Nc2ccc(-c3nc4ccccc4o3)cc2)CC1(Cl)Cl. The fraction of sp³-hybridized carbons (Fsp3) is 0.222. The van der Waals surface area contributed by atoms with E-state index in [4.69, 9.17) is 27.6 Å². The van der Waals surface area contributed by atoms with Crippen LogP contribution in [0.1, 0.15) is 13.3 Å². The average Bonchev–Trinajstić information content (AvgIpc) is 2.92. The Hall–Kier alpha value is -2.04. The average molecular weight is 361 g/mol. The minimum Gasteiger partial charge on any atom is -0.436 e. The maximum Gasteiger partial charge on any atom is 0.233 e. The van der Waals surface area contributed by atoms with Gasteiger partial charge in [-0.05, 0) is 49.7 Å². The van der Waals surface area contributed by atoms with Crippen LogP contribution in [0.3, 0.4) is 0 Å². The maximum atomic E-state index is 12.3. The highest BCUT2D eigenvalue weighted by Crippen LogP contribution is 2.64. The standard InChI is InChI=1S/C18H14Cl2N2O2/c1-17(10-18(17,19)20)16(23)21-12-8-6-11(7-9-12)15-22-13-4-2-3-5-14(13)24-15/h2-9H,10H2,1H3,(H,21,23). The maximum absolute atomic E-state index is 12.3. The molecule has 122 valence electrons. The van der Waals surface area contributed by atoms with Gasteiger partial charge in [0, 0.05) is 11.3 Å². The molecule has 1 aromatic heterocycles. The van der Waals surface area contributed by atoms with E-state index in [2.05, 4.69) is 10.3 Å². The number of fused-ring (bicyclic) bond motifs is 1. The lowest BCUT2D eigenvalue weighted by atomic mass is 10.1. The first-order valence-corrected chi connectivity index (χ1v) is 8.30. The zero-order valence-corrected chi connectivity index (χ0v) is 14.4. The zero-order chi connectivity index (χ0) is 16.9. The van der Waals surface area contributed by atoms with Crippen LogP contribution in [0, 0.1) is 5.41 Å². The third kappa shape index (κ3) is 2.46. The van der Waals surface area contributed by atoms with Crippen LogP contribution in [0.5, 0.6) is 0 Å². The fourth-order valence-corrected chi connectivity index (χ4v) is 3.31. The molecule has 0 saturated heterocycles. The Morgan fingerprint density at radius 3 is 2.46 bits per heavy atom. The van der Waals surface area contributed by atoms with Crippen LogP contribution >= 0.6 is 23.2 Å². The van der Waals surface area contributed by atoms with Gasteiger partial charge in [0.15, 0.2) is 5.58 Å². The molecule has 1 saturated carbocycles. The Kier molecular flexibility index (Phi) is 3.37. The summed E-state index contributed by atoms with van der Waals surface area (Å²) < 4.78 is 4.76. The third-order valence-corrected chi connectivity index (χ3v) is 5.54. The predicted molar refractivity (Wildman–Crippen MR) is 95.2 cm³/mol. The van der Waals surface area contributed by atoms with E-state index in [1.54, 1.807) is 19.1 Å². The molecule has 0 bridgehead atoms. The van der Waals surface area contributed by atoms with E-state index in [-0.39, 0.29) is 5.91 Å². The molecule has 1 aliphatic carbocycles. The van der Waals surface area contributed by atoms with E-state index in [1.807, 2.05) is 36.4 Å². The second kappa shape index (κ2) is 5.23. The summed E-state index contributed by atoms with van der Waals surface area (Å²) in [4.78, 5) is 16.7. The first-order chi connectivity index (χ1) is 11.4. The van der Waals surface area contributed by atoms with Crippen LogP contribution in [0.25, 0.3) is 22.6 Å². The van der Waals surface area contributed by atoms with Crippen LogP contribution in [-0.2, 0) is 4.79 Å². The number of hydrogen-bond acceptors (Lipinski definition) is 3. The number of para-hydroxylation sites is 2. The van der Waals surface area contributed by atoms with Crippen molar-refractivity contribution in [2.45, 2.75) is 17.7 Å². The summed E-state index contributed by atoms with van der Waals surface area (Å²) in [6.45, 7) is 1.76. The molecule has 0 spiro atoms. The minimum absolute atomic E-state index is 0.179. The largest absolute Gasteiger partial charge is 0.436 e. The first kappa shape index (κ1) is 15.5. The van der Waals surface area contributed by atoms with Gasteiger partial charge in [-0.2, -0.15) is 0 Å². The van der Waals surface area contributed by atoms with Gasteiger partial charge >= 0.3 is 0 Å². The molecule has 1 atom stereocenters. The molecule has 3 aromatic rings. The van der Waals surface area contributed by atoms with Crippen molar-refractivity contribution >= 4 is 45.9 Å². The van der Waals surface area contributed by atoms with Gasteiger partial charge in [0.1, 0.15) is 9.85 Å². The van der Waals surface area contributed by atoms with Crippen molar-refractivity contribution in [1.29, 1.82) is 0 Å². The number of hydrogen-bond donors (Lipinski definition) is 1. The second-order valence-corrected chi connectivity index (χ2v) is 7.72. The highest BCUT2D eigenvalue weighted by atomic mass is 35.5. The number of oxazole rings is 1. The molecule has 6 heteroatoms. The molecule has 4 nitrogen and oxygen atoms in total. The molecule has 1 unspecified atom stereocenters. The van der Waals surface area contributed by atoms with Crippen LogP contribution in [-0.4, -0.2) is 15.2 Å². The Bertz CT molecular complexity index is 901. The van der Waals surface area contributed by atoms with E-state index < -0.39 is 9.75 Å². The van der Waals surface area contributed by atoms with Crippen molar-refractivity contribution in [3.05, 3.63) is 48.5 Å². The Labute approximate surface area is 148 Å². The second-order valence-electron chi connectivity index (χ2n) is 6.23. The summed E-state index contributed by atoms with van der Waals surface area (Å²) in [5.74, 6) is 0.367. The lowest BCUT2D eigenvalue weighted by Crippen LogP contribution is -2.25. The lowest BCUT2D eigenvalue weighted by Gasteiger charge is -2.12. The number of nitrogens with one attached hydrogen (secondary N) is 1. The van der Waals surface area contributed by atoms with E-state index >= 15 is 0 Å². The Morgan fingerprint density at radius 2 is 1.83 bits per heavy atom. The van der Waals surface area contributed by atoms with Gasteiger partial charge < -0.3 is 9.73 Å². The molecule has 2 aromatic carbocycles. The number of amides is 1. The summed E-state index contributed by atoms with van der Waals surface area (Å²) in [6.07, 6.45) is 0.454. The zero-order valence-electron chi connectivity index (χ0n) is 12.8. The van der Waals surface area contributed by atoms with Gasteiger partial charge in [-0.1, -0.05) is 12.1 Å². The number of nitrogens with zero attached hydrogens (tertiary/aromatic N) is 1. The quantitative estimate of drug-likeness (QED) is 0.667. The molecular weight excluding hydrogens is 347 g/mol. The van der Waals surface area contributed by atoms with Gasteiger partial charge in [0.2, 0.25) is 11.8 Å². The van der Waals surface area contributed by atoms with E-state index in [1.165, 1.54) is 0 Å². The van der Waals surface area contributed by atoms with Crippen molar-refractivity contribution in [2.75, 3.05) is 5.32 Å². The number of carbonyl (C=O) groups is 1. The van der Waals surface area contributed by atoms with Crippen molar-refractivity contribution in [2.24, 2.45) is 5.41 Å². The summed E-state index contributed by atoms with van der Waals surface area (Å²) in [5, 5.41) is 2.85. The Balaban J connectivity index is 1.54. The molecule has 0 radical (unpaired) electrons. The number of alkyl halides is 2. The highest BCUT2D eigenvalue weighted by Gasteiger charge is 2.67. The number of benzene rings is 2. The molecule has 24 heavy (non-hydrogen) atoms. The lowest BCUT2D eigenvalue weighted by molar-refractivity contribution is -0.120. The van der Waals surface area contributed by atoms with Crippen molar-refractivity contribution in [3.8, 4) is 11.5 Å². The van der Waals surface area contributed by atoms with Gasteiger partial charge in [-0.3, -0.25) is 4.79 Å². The van der Waals surface area contributed by atoms with Crippen molar-refractivity contribution < 1.29 is 9.21 Å². The number of carbonyl (C=O) groups excluding carboxylic acids is 1. The molecular formula is C18H14Cl2N2O2. The Morgan fingerprint density at radius 1 is 1.17 bits per heavy atom. The van der Waals surface area contributed by atoms with Crippen molar-refractivity contribution in [1.82, 2.24) is 4.98 Å². The topological polar surface area (TPSA) is 55.1 Å². The molecule has 4 rings (SSSR count). The van der Waals surface area contributed by atoms with E-state index in [0.717, 1.165) is 16.7 Å². The molecule has 1 heterocycles. The van der Waals surface area contributed by atoms with Gasteiger partial charge in [-0.25, -0.2) is 4.98 Å². The van der Waals surface area contributed by atoms with Crippen LogP contribution in [0.15, 0.2) is 52.9 Å². The minimum atomic E-state index is -0.977. The third-order valence-electron chi connectivity index (χ3n) is 4.44. The summed E-state index contributed by atoms with van der Waals surface area (Å²) in [5.41, 5.74) is 2.33. The van der Waals surface area contributed by atoms with Crippen LogP contribution in [0.4, 0.5) is 5.69 Å². The molecule has 1 amide bonds. The van der Waals surface area contributed by atoms with E-state index in [9.17, 15) is 4.79 Å².